The Morgan fingerprint density at radius 3 is 1.76 bits per heavy atom. The molecular formula is C15H21BO5. The smallest absolute Gasteiger partial charge is 0.497 e. The molecule has 6 heteroatoms. The lowest BCUT2D eigenvalue weighted by Crippen LogP contribution is -2.41. The van der Waals surface area contributed by atoms with Crippen LogP contribution in [0.2, 0.25) is 0 Å². The minimum Gasteiger partial charge on any atom is -0.497 e. The van der Waals surface area contributed by atoms with Crippen molar-refractivity contribution < 1.29 is 23.6 Å². The van der Waals surface area contributed by atoms with Gasteiger partial charge >= 0.3 is 7.12 Å². The molecule has 1 aliphatic rings. The molecule has 5 nitrogen and oxygen atoms in total. The molecule has 0 N–H and O–H groups in total. The van der Waals surface area contributed by atoms with Crippen molar-refractivity contribution in [2.75, 3.05) is 14.2 Å². The van der Waals surface area contributed by atoms with Crippen LogP contribution >= 0.6 is 0 Å². The molecule has 1 aromatic rings. The Labute approximate surface area is 125 Å². The van der Waals surface area contributed by atoms with Gasteiger partial charge in [-0.1, -0.05) is 0 Å². The number of rotatable bonds is 4. The largest absolute Gasteiger partial charge is 0.502 e. The van der Waals surface area contributed by atoms with E-state index in [1.807, 2.05) is 27.7 Å². The fraction of sp³-hybridized carbons (Fsp3) is 0.533. The molecule has 114 valence electrons. The lowest BCUT2D eigenvalue weighted by Gasteiger charge is -2.32. The van der Waals surface area contributed by atoms with E-state index in [-0.39, 0.29) is 0 Å². The Balaban J connectivity index is 2.52. The third-order valence-electron chi connectivity index (χ3n) is 4.19. The van der Waals surface area contributed by atoms with Gasteiger partial charge in [0.2, 0.25) is 0 Å². The van der Waals surface area contributed by atoms with E-state index in [1.54, 1.807) is 12.1 Å². The van der Waals surface area contributed by atoms with E-state index in [2.05, 4.69) is 0 Å². The van der Waals surface area contributed by atoms with Crippen molar-refractivity contribution in [3.63, 3.8) is 0 Å². The van der Waals surface area contributed by atoms with Crippen LogP contribution in [-0.2, 0) is 9.31 Å². The quantitative estimate of drug-likeness (QED) is 0.626. The van der Waals surface area contributed by atoms with Crippen molar-refractivity contribution in [2.24, 2.45) is 0 Å². The molecule has 0 aromatic heterocycles. The lowest BCUT2D eigenvalue weighted by atomic mass is 9.77. The van der Waals surface area contributed by atoms with Crippen LogP contribution < -0.4 is 14.9 Å². The zero-order chi connectivity index (χ0) is 15.8. The van der Waals surface area contributed by atoms with Gasteiger partial charge in [0.1, 0.15) is 17.8 Å². The zero-order valence-corrected chi connectivity index (χ0v) is 13.4. The van der Waals surface area contributed by atoms with E-state index in [4.69, 9.17) is 18.8 Å². The molecule has 1 aliphatic heterocycles. The summed E-state index contributed by atoms with van der Waals surface area (Å²) in [5.74, 6) is 1.02. The first kappa shape index (κ1) is 15.9. The Hall–Kier alpha value is -1.53. The van der Waals surface area contributed by atoms with Crippen molar-refractivity contribution >= 4 is 18.9 Å². The van der Waals surface area contributed by atoms with Gasteiger partial charge in [-0.05, 0) is 39.8 Å². The average Bonchev–Trinajstić information content (AvgIpc) is 2.65. The Morgan fingerprint density at radius 2 is 1.43 bits per heavy atom. The van der Waals surface area contributed by atoms with E-state index in [0.717, 1.165) is 6.29 Å². The molecule has 0 atom stereocenters. The summed E-state index contributed by atoms with van der Waals surface area (Å²) < 4.78 is 22.8. The highest BCUT2D eigenvalue weighted by Gasteiger charge is 2.53. The van der Waals surface area contributed by atoms with Crippen LogP contribution in [-0.4, -0.2) is 38.8 Å². The van der Waals surface area contributed by atoms with Gasteiger partial charge in [-0.25, -0.2) is 0 Å². The summed E-state index contributed by atoms with van der Waals surface area (Å²) in [7, 11) is 2.47. The summed E-state index contributed by atoms with van der Waals surface area (Å²) in [6, 6.07) is 3.30. The minimum absolute atomic E-state index is 0.461. The molecule has 1 fully saturated rings. The molecule has 0 unspecified atom stereocenters. The number of carbonyl (C=O) groups is 1. The maximum atomic E-state index is 11.0. The summed E-state index contributed by atoms with van der Waals surface area (Å²) in [5, 5.41) is 0. The van der Waals surface area contributed by atoms with Gasteiger partial charge in [-0.3, -0.25) is 4.79 Å². The standard InChI is InChI=1S/C15H21BO5/c1-14(2)15(3,4)21-16(20-14)13-11(18-5)7-10(9-17)8-12(13)19-6/h7-9H,1-6H3. The number of benzene rings is 1. The number of carbonyl (C=O) groups excluding carboxylic acids is 1. The Kier molecular flexibility index (Phi) is 4.04. The molecular weight excluding hydrogens is 271 g/mol. The van der Waals surface area contributed by atoms with E-state index in [1.165, 1.54) is 14.2 Å². The van der Waals surface area contributed by atoms with Crippen LogP contribution in [0.4, 0.5) is 0 Å². The highest BCUT2D eigenvalue weighted by molar-refractivity contribution is 6.64. The normalized spacial score (nSPS) is 19.4. The van der Waals surface area contributed by atoms with Gasteiger partial charge in [0, 0.05) is 5.56 Å². The molecule has 0 radical (unpaired) electrons. The number of ether oxygens (including phenoxy) is 2. The number of aldehydes is 1. The van der Waals surface area contributed by atoms with Crippen LogP contribution in [0.15, 0.2) is 12.1 Å². The first-order valence-corrected chi connectivity index (χ1v) is 6.82. The van der Waals surface area contributed by atoms with Crippen LogP contribution in [0.3, 0.4) is 0 Å². The van der Waals surface area contributed by atoms with Gasteiger partial charge in [0.25, 0.3) is 0 Å². The summed E-state index contributed by atoms with van der Waals surface area (Å²) in [5.41, 5.74) is 0.210. The Bertz CT molecular complexity index is 512. The predicted octanol–water partition coefficient (Wildman–Crippen LogP) is 1.82. The second-order valence-electron chi connectivity index (χ2n) is 6.05. The second-order valence-corrected chi connectivity index (χ2v) is 6.05. The third kappa shape index (κ3) is 2.65. The maximum absolute atomic E-state index is 11.0. The fourth-order valence-electron chi connectivity index (χ4n) is 2.22. The van der Waals surface area contributed by atoms with Gasteiger partial charge in [-0.2, -0.15) is 0 Å². The topological polar surface area (TPSA) is 54.0 Å². The van der Waals surface area contributed by atoms with Gasteiger partial charge in [-0.15, -0.1) is 0 Å². The molecule has 0 bridgehead atoms. The van der Waals surface area contributed by atoms with Crippen LogP contribution in [0.1, 0.15) is 38.1 Å². The highest BCUT2D eigenvalue weighted by Crippen LogP contribution is 2.38. The monoisotopic (exact) mass is 292 g/mol. The van der Waals surface area contributed by atoms with Crippen LogP contribution in [0, 0.1) is 0 Å². The molecule has 21 heavy (non-hydrogen) atoms. The van der Waals surface area contributed by atoms with Gasteiger partial charge < -0.3 is 18.8 Å². The second kappa shape index (κ2) is 5.35. The molecule has 1 heterocycles. The fourth-order valence-corrected chi connectivity index (χ4v) is 2.22. The molecule has 2 rings (SSSR count). The minimum atomic E-state index is -0.611. The van der Waals surface area contributed by atoms with E-state index in [9.17, 15) is 4.79 Å². The molecule has 1 aromatic carbocycles. The van der Waals surface area contributed by atoms with Crippen molar-refractivity contribution in [3.05, 3.63) is 17.7 Å². The van der Waals surface area contributed by atoms with Crippen molar-refractivity contribution in [3.8, 4) is 11.5 Å². The van der Waals surface area contributed by atoms with Gasteiger partial charge in [0.15, 0.2) is 0 Å². The molecule has 1 saturated heterocycles. The molecule has 0 saturated carbocycles. The zero-order valence-electron chi connectivity index (χ0n) is 13.4. The number of hydrogen-bond acceptors (Lipinski definition) is 5. The number of hydrogen-bond donors (Lipinski definition) is 0. The SMILES string of the molecule is COc1cc(C=O)cc(OC)c1B1OC(C)(C)C(C)(C)O1. The summed E-state index contributed by atoms with van der Waals surface area (Å²) in [6.07, 6.45) is 0.749. The van der Waals surface area contributed by atoms with E-state index in [0.29, 0.717) is 22.5 Å². The third-order valence-corrected chi connectivity index (χ3v) is 4.19. The maximum Gasteiger partial charge on any atom is 0.502 e. The first-order valence-electron chi connectivity index (χ1n) is 6.82. The van der Waals surface area contributed by atoms with Crippen molar-refractivity contribution in [2.45, 2.75) is 38.9 Å². The molecule has 0 spiro atoms. The lowest BCUT2D eigenvalue weighted by molar-refractivity contribution is 0.00578. The predicted molar refractivity (Wildman–Crippen MR) is 80.6 cm³/mol. The average molecular weight is 292 g/mol. The Morgan fingerprint density at radius 1 is 1.00 bits per heavy atom. The highest BCUT2D eigenvalue weighted by atomic mass is 16.7. The summed E-state index contributed by atoms with van der Waals surface area (Å²) in [4.78, 5) is 11.0. The van der Waals surface area contributed by atoms with Crippen molar-refractivity contribution in [1.29, 1.82) is 0 Å². The van der Waals surface area contributed by atoms with Crippen LogP contribution in [0.25, 0.3) is 0 Å². The summed E-state index contributed by atoms with van der Waals surface area (Å²) in [6.45, 7) is 7.91. The molecule has 0 aliphatic carbocycles. The van der Waals surface area contributed by atoms with Crippen LogP contribution in [0.5, 0.6) is 11.5 Å². The summed E-state index contributed by atoms with van der Waals surface area (Å²) >= 11 is 0. The first-order chi connectivity index (χ1) is 9.75. The molecule has 0 amide bonds. The number of methoxy groups -OCH3 is 2. The van der Waals surface area contributed by atoms with E-state index < -0.39 is 18.3 Å². The van der Waals surface area contributed by atoms with Crippen molar-refractivity contribution in [1.82, 2.24) is 0 Å². The van der Waals surface area contributed by atoms with E-state index >= 15 is 0 Å². The van der Waals surface area contributed by atoms with Gasteiger partial charge in [0.05, 0.1) is 30.9 Å².